The zero-order valence-corrected chi connectivity index (χ0v) is 14.0. The first-order valence-electron chi connectivity index (χ1n) is 8.08. The molecule has 2 atom stereocenters. The summed E-state index contributed by atoms with van der Waals surface area (Å²) in [5.74, 6) is 0.798. The van der Waals surface area contributed by atoms with Gasteiger partial charge in [0.1, 0.15) is 6.07 Å². The van der Waals surface area contributed by atoms with Crippen LogP contribution in [0.25, 0.3) is 5.82 Å². The molecule has 0 aromatic carbocycles. The smallest absolute Gasteiger partial charge is 0.319 e. The number of hydrogen-bond donors (Lipinski definition) is 2. The van der Waals surface area contributed by atoms with Gasteiger partial charge in [-0.2, -0.15) is 10.4 Å². The van der Waals surface area contributed by atoms with Gasteiger partial charge in [-0.25, -0.2) is 14.5 Å². The van der Waals surface area contributed by atoms with Crippen molar-refractivity contribution in [1.29, 1.82) is 5.26 Å². The molecule has 1 saturated carbocycles. The monoisotopic (exact) mass is 338 g/mol. The summed E-state index contributed by atoms with van der Waals surface area (Å²) in [4.78, 5) is 16.5. The fourth-order valence-electron chi connectivity index (χ4n) is 3.54. The first-order valence-corrected chi connectivity index (χ1v) is 8.08. The largest absolute Gasteiger partial charge is 0.373 e. The quantitative estimate of drug-likeness (QED) is 0.888. The summed E-state index contributed by atoms with van der Waals surface area (Å²) in [6, 6.07) is 5.14. The van der Waals surface area contributed by atoms with Crippen molar-refractivity contribution in [3.63, 3.8) is 0 Å². The highest BCUT2D eigenvalue weighted by molar-refractivity contribution is 5.90. The molecule has 25 heavy (non-hydrogen) atoms. The Kier molecular flexibility index (Phi) is 3.30. The minimum absolute atomic E-state index is 0.290. The topological polar surface area (TPSA) is 105 Å². The van der Waals surface area contributed by atoms with E-state index in [0.717, 1.165) is 6.42 Å². The van der Waals surface area contributed by atoms with E-state index in [-0.39, 0.29) is 17.2 Å². The predicted molar refractivity (Wildman–Crippen MR) is 89.1 cm³/mol. The molecule has 8 nitrogen and oxygen atoms in total. The molecule has 2 amide bonds. The Morgan fingerprint density at radius 3 is 3.04 bits per heavy atom. The number of ether oxygens (including phenoxy) is 1. The van der Waals surface area contributed by atoms with Gasteiger partial charge >= 0.3 is 6.03 Å². The maximum absolute atomic E-state index is 12.4. The lowest BCUT2D eigenvalue weighted by molar-refractivity contribution is -0.00667. The second-order valence-corrected chi connectivity index (χ2v) is 6.93. The summed E-state index contributed by atoms with van der Waals surface area (Å²) >= 11 is 0. The Morgan fingerprint density at radius 1 is 1.52 bits per heavy atom. The van der Waals surface area contributed by atoms with Crippen LogP contribution in [0.3, 0.4) is 0 Å². The highest BCUT2D eigenvalue weighted by Gasteiger charge is 2.69. The highest BCUT2D eigenvalue weighted by atomic mass is 16.5. The molecule has 2 aliphatic rings. The van der Waals surface area contributed by atoms with Crippen LogP contribution in [0.15, 0.2) is 30.7 Å². The van der Waals surface area contributed by atoms with Crippen LogP contribution in [-0.2, 0) is 4.74 Å². The van der Waals surface area contributed by atoms with Crippen molar-refractivity contribution >= 4 is 11.7 Å². The Bertz CT molecular complexity index is 883. The summed E-state index contributed by atoms with van der Waals surface area (Å²) in [5.41, 5.74) is 0.278. The third-order valence-electron chi connectivity index (χ3n) is 5.13. The average molecular weight is 338 g/mol. The number of nitrogens with zero attached hydrogens (tertiary/aromatic N) is 4. The standard InChI is InChI=1S/C17H18N6O2/c1-16(2)17(6-12(17)10-25-16)22-15(24)21-13-8-20-23(9-13)14-11(7-18)4-3-5-19-14/h3-5,8-9,12H,6,10H2,1-2H3,(H2,21,22,24). The molecule has 1 saturated heterocycles. The number of fused-ring (bicyclic) bond motifs is 1. The lowest BCUT2D eigenvalue weighted by Crippen LogP contribution is -2.52. The van der Waals surface area contributed by atoms with E-state index >= 15 is 0 Å². The van der Waals surface area contributed by atoms with E-state index in [9.17, 15) is 4.79 Å². The number of nitriles is 1. The molecule has 2 N–H and O–H groups in total. The van der Waals surface area contributed by atoms with Gasteiger partial charge in [0.25, 0.3) is 0 Å². The van der Waals surface area contributed by atoms with Crippen LogP contribution in [0.4, 0.5) is 10.5 Å². The van der Waals surface area contributed by atoms with E-state index < -0.39 is 0 Å². The zero-order valence-electron chi connectivity index (χ0n) is 14.0. The van der Waals surface area contributed by atoms with Crippen LogP contribution in [0, 0.1) is 17.2 Å². The van der Waals surface area contributed by atoms with Crippen LogP contribution < -0.4 is 10.6 Å². The van der Waals surface area contributed by atoms with Gasteiger partial charge in [-0.15, -0.1) is 0 Å². The molecular formula is C17H18N6O2. The normalized spacial score (nSPS) is 25.7. The van der Waals surface area contributed by atoms with Gasteiger partial charge in [0.15, 0.2) is 5.82 Å². The van der Waals surface area contributed by atoms with Crippen LogP contribution in [-0.4, -0.2) is 38.5 Å². The number of urea groups is 1. The van der Waals surface area contributed by atoms with E-state index in [1.54, 1.807) is 24.5 Å². The number of amides is 2. The number of anilines is 1. The van der Waals surface area contributed by atoms with Crippen LogP contribution in [0.1, 0.15) is 25.8 Å². The predicted octanol–water partition coefficient (Wildman–Crippen LogP) is 1.83. The van der Waals surface area contributed by atoms with Gasteiger partial charge in [0, 0.05) is 12.1 Å². The van der Waals surface area contributed by atoms with Gasteiger partial charge in [-0.3, -0.25) is 0 Å². The van der Waals surface area contributed by atoms with E-state index in [1.165, 1.54) is 10.9 Å². The number of pyridine rings is 1. The third kappa shape index (κ3) is 2.44. The average Bonchev–Trinajstić information content (AvgIpc) is 3.00. The third-order valence-corrected chi connectivity index (χ3v) is 5.13. The number of carbonyl (C=O) groups is 1. The Morgan fingerprint density at radius 2 is 2.36 bits per heavy atom. The summed E-state index contributed by atoms with van der Waals surface area (Å²) in [6.07, 6.45) is 5.67. The summed E-state index contributed by atoms with van der Waals surface area (Å²) in [6.45, 7) is 4.69. The molecule has 1 aliphatic heterocycles. The van der Waals surface area contributed by atoms with Crippen LogP contribution >= 0.6 is 0 Å². The lowest BCUT2D eigenvalue weighted by atomic mass is 9.96. The molecule has 1 aliphatic carbocycles. The van der Waals surface area contributed by atoms with E-state index in [0.29, 0.717) is 29.6 Å². The summed E-state index contributed by atoms with van der Waals surface area (Å²) in [7, 11) is 0. The highest BCUT2D eigenvalue weighted by Crippen LogP contribution is 2.57. The molecule has 2 unspecified atom stereocenters. The lowest BCUT2D eigenvalue weighted by Gasteiger charge is -2.30. The molecule has 2 aromatic rings. The maximum atomic E-state index is 12.4. The maximum Gasteiger partial charge on any atom is 0.319 e. The van der Waals surface area contributed by atoms with Crippen molar-refractivity contribution < 1.29 is 9.53 Å². The number of rotatable bonds is 3. The molecule has 0 spiro atoms. The SMILES string of the molecule is CC1(C)OCC2CC21NC(=O)Nc1cnn(-c2ncccc2C#N)c1. The van der Waals surface area contributed by atoms with E-state index in [1.807, 2.05) is 13.8 Å². The molecular weight excluding hydrogens is 320 g/mol. The summed E-state index contributed by atoms with van der Waals surface area (Å²) in [5, 5.41) is 19.2. The first-order chi connectivity index (χ1) is 11.9. The first kappa shape index (κ1) is 15.6. The van der Waals surface area contributed by atoms with Crippen LogP contribution in [0.5, 0.6) is 0 Å². The number of carbonyl (C=O) groups excluding carboxylic acids is 1. The van der Waals surface area contributed by atoms with Gasteiger partial charge in [-0.05, 0) is 32.4 Å². The van der Waals surface area contributed by atoms with E-state index in [2.05, 4.69) is 26.8 Å². The van der Waals surface area contributed by atoms with Crippen molar-refractivity contribution in [3.8, 4) is 11.9 Å². The molecule has 4 rings (SSSR count). The molecule has 0 radical (unpaired) electrons. The number of hydrogen-bond acceptors (Lipinski definition) is 5. The number of aromatic nitrogens is 3. The molecule has 3 heterocycles. The van der Waals surface area contributed by atoms with Crippen molar-refractivity contribution in [2.45, 2.75) is 31.4 Å². The van der Waals surface area contributed by atoms with Crippen molar-refractivity contribution in [2.24, 2.45) is 5.92 Å². The Hall–Kier alpha value is -2.92. The second kappa shape index (κ2) is 5.29. The van der Waals surface area contributed by atoms with Crippen molar-refractivity contribution in [1.82, 2.24) is 20.1 Å². The molecule has 2 fully saturated rings. The zero-order chi connectivity index (χ0) is 17.7. The van der Waals surface area contributed by atoms with Crippen molar-refractivity contribution in [3.05, 3.63) is 36.3 Å². The van der Waals surface area contributed by atoms with E-state index in [4.69, 9.17) is 10.00 Å². The van der Waals surface area contributed by atoms with Crippen molar-refractivity contribution in [2.75, 3.05) is 11.9 Å². The fourth-order valence-corrected chi connectivity index (χ4v) is 3.54. The van der Waals surface area contributed by atoms with Gasteiger partial charge in [0.05, 0.1) is 41.4 Å². The van der Waals surface area contributed by atoms with Gasteiger partial charge < -0.3 is 15.4 Å². The minimum atomic E-state index is -0.366. The molecule has 8 heteroatoms. The van der Waals surface area contributed by atoms with Gasteiger partial charge in [0.2, 0.25) is 0 Å². The Balaban J connectivity index is 1.47. The minimum Gasteiger partial charge on any atom is -0.373 e. The number of nitrogens with one attached hydrogen (secondary N) is 2. The molecule has 0 bridgehead atoms. The molecule has 2 aromatic heterocycles. The second-order valence-electron chi connectivity index (χ2n) is 6.93. The van der Waals surface area contributed by atoms with Gasteiger partial charge in [-0.1, -0.05) is 0 Å². The fraction of sp³-hybridized carbons (Fsp3) is 0.412. The van der Waals surface area contributed by atoms with Crippen LogP contribution in [0.2, 0.25) is 0 Å². The Labute approximate surface area is 144 Å². The molecule has 128 valence electrons. The summed E-state index contributed by atoms with van der Waals surface area (Å²) < 4.78 is 7.21.